The van der Waals surface area contributed by atoms with Gasteiger partial charge in [0, 0.05) is 16.6 Å². The SMILES string of the molecule is OC(c1ccc(NCc2cnc(Cl)s2)c(F)c1)(C(F)(F)F)C(F)(F)F. The predicted molar refractivity (Wildman–Crippen MR) is 76.9 cm³/mol. The van der Waals surface area contributed by atoms with Gasteiger partial charge in [-0.3, -0.25) is 0 Å². The van der Waals surface area contributed by atoms with Crippen LogP contribution in [0.2, 0.25) is 4.47 Å². The molecule has 0 radical (unpaired) electrons. The zero-order valence-electron chi connectivity index (χ0n) is 11.8. The van der Waals surface area contributed by atoms with Gasteiger partial charge in [-0.15, -0.1) is 11.3 Å². The summed E-state index contributed by atoms with van der Waals surface area (Å²) in [5.74, 6) is -1.39. The van der Waals surface area contributed by atoms with Gasteiger partial charge in [0.15, 0.2) is 4.47 Å². The van der Waals surface area contributed by atoms with E-state index in [1.165, 1.54) is 6.20 Å². The minimum absolute atomic E-state index is 0.00344. The maximum absolute atomic E-state index is 13.9. The average Bonchev–Trinajstić information content (AvgIpc) is 2.88. The van der Waals surface area contributed by atoms with Crippen LogP contribution >= 0.6 is 22.9 Å². The summed E-state index contributed by atoms with van der Waals surface area (Å²) in [6.07, 6.45) is -10.8. The fourth-order valence-corrected chi connectivity index (χ4v) is 2.84. The summed E-state index contributed by atoms with van der Waals surface area (Å²) in [5.41, 5.74) is -7.19. The molecule has 0 bridgehead atoms. The van der Waals surface area contributed by atoms with Crippen LogP contribution in [-0.4, -0.2) is 22.4 Å². The van der Waals surface area contributed by atoms with E-state index in [0.717, 1.165) is 11.3 Å². The van der Waals surface area contributed by atoms with Crippen LogP contribution in [0, 0.1) is 5.82 Å². The molecule has 0 saturated heterocycles. The molecular formula is C13H8ClF7N2OS. The number of aliphatic hydroxyl groups is 1. The molecule has 25 heavy (non-hydrogen) atoms. The third kappa shape index (κ3) is 3.82. The highest BCUT2D eigenvalue weighted by molar-refractivity contribution is 7.15. The first kappa shape index (κ1) is 19.7. The van der Waals surface area contributed by atoms with Crippen LogP contribution in [0.4, 0.5) is 36.4 Å². The monoisotopic (exact) mass is 408 g/mol. The number of alkyl halides is 6. The van der Waals surface area contributed by atoms with Crippen LogP contribution in [0.3, 0.4) is 0 Å². The first-order valence-corrected chi connectivity index (χ1v) is 7.55. The van der Waals surface area contributed by atoms with Crippen LogP contribution in [-0.2, 0) is 12.1 Å². The normalized spacial score (nSPS) is 13.2. The zero-order chi connectivity index (χ0) is 19.0. The molecule has 1 aromatic carbocycles. The van der Waals surface area contributed by atoms with Crippen LogP contribution in [0.5, 0.6) is 0 Å². The molecule has 2 rings (SSSR count). The van der Waals surface area contributed by atoms with Gasteiger partial charge in [0.05, 0.1) is 12.2 Å². The van der Waals surface area contributed by atoms with Crippen molar-refractivity contribution in [2.75, 3.05) is 5.32 Å². The molecule has 0 aliphatic rings. The van der Waals surface area contributed by atoms with Crippen molar-refractivity contribution in [3.05, 3.63) is 45.1 Å². The minimum atomic E-state index is -6.08. The molecule has 12 heteroatoms. The fraction of sp³-hybridized carbons (Fsp3) is 0.308. The van der Waals surface area contributed by atoms with E-state index in [2.05, 4.69) is 10.3 Å². The predicted octanol–water partition coefficient (Wildman–Crippen LogP) is 4.86. The Bertz CT molecular complexity index is 746. The fourth-order valence-electron chi connectivity index (χ4n) is 1.92. The largest absolute Gasteiger partial charge is 0.430 e. The number of hydrogen-bond donors (Lipinski definition) is 2. The summed E-state index contributed by atoms with van der Waals surface area (Å²) in [6, 6.07) is 1.02. The number of halogens is 8. The lowest BCUT2D eigenvalue weighted by atomic mass is 9.92. The van der Waals surface area contributed by atoms with Crippen LogP contribution in [0.15, 0.2) is 24.4 Å². The maximum Gasteiger partial charge on any atom is 0.430 e. The van der Waals surface area contributed by atoms with Gasteiger partial charge in [-0.2, -0.15) is 26.3 Å². The molecule has 1 aromatic heterocycles. The zero-order valence-corrected chi connectivity index (χ0v) is 13.4. The van der Waals surface area contributed by atoms with Crippen molar-refractivity contribution in [1.29, 1.82) is 0 Å². The minimum Gasteiger partial charge on any atom is -0.378 e. The number of nitrogens with zero attached hydrogens (tertiary/aromatic N) is 1. The van der Waals surface area contributed by atoms with Crippen molar-refractivity contribution in [2.24, 2.45) is 0 Å². The van der Waals surface area contributed by atoms with Crippen molar-refractivity contribution >= 4 is 28.6 Å². The Hall–Kier alpha value is -1.59. The van der Waals surface area contributed by atoms with E-state index < -0.39 is 29.3 Å². The highest BCUT2D eigenvalue weighted by Crippen LogP contribution is 2.50. The molecule has 0 saturated carbocycles. The van der Waals surface area contributed by atoms with E-state index >= 15 is 0 Å². The van der Waals surface area contributed by atoms with Gasteiger partial charge >= 0.3 is 12.4 Å². The topological polar surface area (TPSA) is 45.1 Å². The van der Waals surface area contributed by atoms with E-state index in [1.807, 2.05) is 0 Å². The Kier molecular flexibility index (Phi) is 5.22. The Labute approximate surface area is 145 Å². The molecule has 138 valence electrons. The maximum atomic E-state index is 13.9. The molecule has 0 amide bonds. The van der Waals surface area contributed by atoms with Gasteiger partial charge in [-0.25, -0.2) is 9.37 Å². The van der Waals surface area contributed by atoms with Gasteiger partial charge < -0.3 is 10.4 Å². The molecule has 0 atom stereocenters. The average molecular weight is 409 g/mol. The van der Waals surface area contributed by atoms with Crippen molar-refractivity contribution < 1.29 is 35.8 Å². The van der Waals surface area contributed by atoms with Gasteiger partial charge in [-0.1, -0.05) is 17.7 Å². The third-order valence-electron chi connectivity index (χ3n) is 3.19. The van der Waals surface area contributed by atoms with Crippen molar-refractivity contribution in [1.82, 2.24) is 4.98 Å². The molecule has 1 heterocycles. The second-order valence-corrected chi connectivity index (χ2v) is 6.53. The summed E-state index contributed by atoms with van der Waals surface area (Å²) in [4.78, 5) is 4.28. The molecule has 0 spiro atoms. The van der Waals surface area contributed by atoms with Gasteiger partial charge in [0.25, 0.3) is 5.60 Å². The third-order valence-corrected chi connectivity index (χ3v) is 4.30. The van der Waals surface area contributed by atoms with E-state index in [9.17, 15) is 35.8 Å². The number of rotatable bonds is 4. The molecule has 0 fully saturated rings. The number of anilines is 1. The van der Waals surface area contributed by atoms with Gasteiger partial charge in [-0.05, 0) is 12.1 Å². The second kappa shape index (κ2) is 6.61. The number of thiazole rings is 1. The lowest BCUT2D eigenvalue weighted by Gasteiger charge is -2.32. The molecule has 3 nitrogen and oxygen atoms in total. The summed E-state index contributed by atoms with van der Waals surface area (Å²) in [5, 5.41) is 11.7. The number of benzene rings is 1. The smallest absolute Gasteiger partial charge is 0.378 e. The van der Waals surface area contributed by atoms with E-state index in [0.29, 0.717) is 17.0 Å². The Morgan fingerprint density at radius 1 is 1.12 bits per heavy atom. The number of aromatic nitrogens is 1. The number of hydrogen-bond acceptors (Lipinski definition) is 4. The van der Waals surface area contributed by atoms with Gasteiger partial charge in [0.2, 0.25) is 0 Å². The highest BCUT2D eigenvalue weighted by atomic mass is 35.5. The van der Waals surface area contributed by atoms with Gasteiger partial charge in [0.1, 0.15) is 5.82 Å². The van der Waals surface area contributed by atoms with Crippen molar-refractivity contribution in [2.45, 2.75) is 24.5 Å². The lowest BCUT2D eigenvalue weighted by Crippen LogP contribution is -2.53. The first-order chi connectivity index (χ1) is 11.4. The van der Waals surface area contributed by atoms with Crippen molar-refractivity contribution in [3.8, 4) is 0 Å². The molecule has 2 N–H and O–H groups in total. The molecule has 2 aromatic rings. The second-order valence-electron chi connectivity index (χ2n) is 4.83. The van der Waals surface area contributed by atoms with E-state index in [-0.39, 0.29) is 22.8 Å². The molecule has 0 aliphatic carbocycles. The first-order valence-electron chi connectivity index (χ1n) is 6.36. The Morgan fingerprint density at radius 2 is 1.72 bits per heavy atom. The highest BCUT2D eigenvalue weighted by Gasteiger charge is 2.71. The quantitative estimate of drug-likeness (QED) is 0.710. The Balaban J connectivity index is 2.31. The summed E-state index contributed by atoms with van der Waals surface area (Å²) >= 11 is 6.65. The summed E-state index contributed by atoms with van der Waals surface area (Å²) < 4.78 is 90.7. The summed E-state index contributed by atoms with van der Waals surface area (Å²) in [7, 11) is 0. The van der Waals surface area contributed by atoms with Crippen LogP contribution in [0.1, 0.15) is 10.4 Å². The lowest BCUT2D eigenvalue weighted by molar-refractivity contribution is -0.376. The van der Waals surface area contributed by atoms with Crippen molar-refractivity contribution in [3.63, 3.8) is 0 Å². The molecule has 0 aliphatic heterocycles. The molecule has 0 unspecified atom stereocenters. The van der Waals surface area contributed by atoms with E-state index in [4.69, 9.17) is 11.6 Å². The molecular weight excluding hydrogens is 401 g/mol. The number of nitrogens with one attached hydrogen (secondary N) is 1. The van der Waals surface area contributed by atoms with Crippen LogP contribution < -0.4 is 5.32 Å². The van der Waals surface area contributed by atoms with Crippen LogP contribution in [0.25, 0.3) is 0 Å². The Morgan fingerprint density at radius 3 is 2.16 bits per heavy atom. The standard InChI is InChI=1S/C13H8ClF7N2OS/c14-10-23-5-7(25-10)4-22-9-2-1-6(3-8(9)15)11(24,12(16,17)18)13(19,20)21/h1-3,5,22,24H,4H2. The summed E-state index contributed by atoms with van der Waals surface area (Å²) in [6.45, 7) is 0.00344. The van der Waals surface area contributed by atoms with E-state index in [1.54, 1.807) is 0 Å².